The molecule has 1 amide bonds. The van der Waals surface area contributed by atoms with Gasteiger partial charge in [0.1, 0.15) is 0 Å². The van der Waals surface area contributed by atoms with Crippen molar-refractivity contribution in [3.8, 4) is 0 Å². The van der Waals surface area contributed by atoms with Crippen LogP contribution in [0.4, 0.5) is 0 Å². The monoisotopic (exact) mass is 173 g/mol. The first-order chi connectivity index (χ1) is 5.65. The van der Waals surface area contributed by atoms with Crippen LogP contribution < -0.4 is 11.3 Å². The summed E-state index contributed by atoms with van der Waals surface area (Å²) in [5.74, 6) is 4.86. The van der Waals surface area contributed by atoms with Crippen LogP contribution in [0.25, 0.3) is 0 Å². The lowest BCUT2D eigenvalue weighted by atomic mass is 10.2. The maximum Gasteiger partial charge on any atom is 0.248 e. The van der Waals surface area contributed by atoms with Gasteiger partial charge in [-0.15, -0.1) is 0 Å². The van der Waals surface area contributed by atoms with Gasteiger partial charge >= 0.3 is 0 Å². The number of nitrogens with one attached hydrogen (secondary N) is 1. The molecule has 4 heteroatoms. The quantitative estimate of drug-likeness (QED) is 0.352. The number of rotatable bonds is 5. The highest BCUT2D eigenvalue weighted by Gasteiger charge is 2.12. The van der Waals surface area contributed by atoms with E-state index >= 15 is 0 Å². The van der Waals surface area contributed by atoms with Gasteiger partial charge in [0.15, 0.2) is 0 Å². The standard InChI is InChI=1S/C8H19N3O/c1-4-7(3)11(5-2)6-8(12)10-9/h7H,4-6,9H2,1-3H3,(H,10,12). The Morgan fingerprint density at radius 2 is 2.17 bits per heavy atom. The summed E-state index contributed by atoms with van der Waals surface area (Å²) in [5.41, 5.74) is 2.13. The van der Waals surface area contributed by atoms with Gasteiger partial charge in [0.25, 0.3) is 0 Å². The van der Waals surface area contributed by atoms with E-state index in [-0.39, 0.29) is 5.91 Å². The number of hydrogen-bond donors (Lipinski definition) is 2. The summed E-state index contributed by atoms with van der Waals surface area (Å²) < 4.78 is 0. The van der Waals surface area contributed by atoms with Crippen LogP contribution in [-0.2, 0) is 4.79 Å². The van der Waals surface area contributed by atoms with Gasteiger partial charge in [-0.3, -0.25) is 15.1 Å². The fourth-order valence-corrected chi connectivity index (χ4v) is 1.07. The summed E-state index contributed by atoms with van der Waals surface area (Å²) in [6, 6.07) is 0.437. The average Bonchev–Trinajstić information content (AvgIpc) is 2.12. The van der Waals surface area contributed by atoms with E-state index in [0.29, 0.717) is 12.6 Å². The minimum absolute atomic E-state index is 0.128. The molecule has 0 rings (SSSR count). The molecule has 0 radical (unpaired) electrons. The molecule has 3 N–H and O–H groups in total. The topological polar surface area (TPSA) is 58.4 Å². The molecule has 1 atom stereocenters. The van der Waals surface area contributed by atoms with E-state index in [2.05, 4.69) is 24.2 Å². The second kappa shape index (κ2) is 5.97. The predicted octanol–water partition coefficient (Wildman–Crippen LogP) is 0.0967. The molecule has 0 aromatic carbocycles. The molecule has 4 nitrogen and oxygen atoms in total. The zero-order valence-electron chi connectivity index (χ0n) is 8.13. The second-order valence-corrected chi connectivity index (χ2v) is 2.89. The van der Waals surface area contributed by atoms with Crippen molar-refractivity contribution in [2.24, 2.45) is 5.84 Å². The SMILES string of the molecule is CCC(C)N(CC)CC(=O)NN. The lowest BCUT2D eigenvalue weighted by Crippen LogP contribution is -2.43. The van der Waals surface area contributed by atoms with Crippen molar-refractivity contribution in [3.63, 3.8) is 0 Å². The van der Waals surface area contributed by atoms with E-state index in [1.54, 1.807) is 0 Å². The molecule has 0 aliphatic heterocycles. The van der Waals surface area contributed by atoms with Gasteiger partial charge in [0.2, 0.25) is 5.91 Å². The van der Waals surface area contributed by atoms with Crippen molar-refractivity contribution in [1.29, 1.82) is 0 Å². The lowest BCUT2D eigenvalue weighted by Gasteiger charge is -2.25. The maximum atomic E-state index is 10.9. The van der Waals surface area contributed by atoms with Crippen LogP contribution >= 0.6 is 0 Å². The first-order valence-electron chi connectivity index (χ1n) is 4.39. The van der Waals surface area contributed by atoms with Gasteiger partial charge < -0.3 is 0 Å². The van der Waals surface area contributed by atoms with E-state index in [1.807, 2.05) is 6.92 Å². The summed E-state index contributed by atoms with van der Waals surface area (Å²) in [6.07, 6.45) is 1.05. The molecule has 0 saturated heterocycles. The molecule has 12 heavy (non-hydrogen) atoms. The highest BCUT2D eigenvalue weighted by Crippen LogP contribution is 2.01. The molecular weight excluding hydrogens is 154 g/mol. The van der Waals surface area contributed by atoms with E-state index in [4.69, 9.17) is 5.84 Å². The molecule has 1 unspecified atom stereocenters. The van der Waals surface area contributed by atoms with Gasteiger partial charge in [-0.25, -0.2) is 5.84 Å². The van der Waals surface area contributed by atoms with Crippen molar-refractivity contribution in [2.75, 3.05) is 13.1 Å². The van der Waals surface area contributed by atoms with E-state index in [1.165, 1.54) is 0 Å². The van der Waals surface area contributed by atoms with Gasteiger partial charge in [-0.1, -0.05) is 13.8 Å². The molecule has 0 aromatic rings. The molecular formula is C8H19N3O. The zero-order valence-corrected chi connectivity index (χ0v) is 8.13. The van der Waals surface area contributed by atoms with Crippen molar-refractivity contribution < 1.29 is 4.79 Å². The number of hydrogen-bond acceptors (Lipinski definition) is 3. The van der Waals surface area contributed by atoms with Crippen molar-refractivity contribution in [2.45, 2.75) is 33.2 Å². The van der Waals surface area contributed by atoms with Gasteiger partial charge in [0.05, 0.1) is 6.54 Å². The molecule has 0 aromatic heterocycles. The zero-order chi connectivity index (χ0) is 9.56. The Morgan fingerprint density at radius 1 is 1.58 bits per heavy atom. The number of carbonyl (C=O) groups excluding carboxylic acids is 1. The molecule has 0 aliphatic carbocycles. The molecule has 0 aliphatic rings. The summed E-state index contributed by atoms with van der Waals surface area (Å²) >= 11 is 0. The Hall–Kier alpha value is -0.610. The third-order valence-electron chi connectivity index (χ3n) is 2.13. The highest BCUT2D eigenvalue weighted by molar-refractivity contribution is 5.77. The fourth-order valence-electron chi connectivity index (χ4n) is 1.07. The molecule has 0 bridgehead atoms. The molecule has 0 fully saturated rings. The van der Waals surface area contributed by atoms with Crippen LogP contribution in [0, 0.1) is 0 Å². The second-order valence-electron chi connectivity index (χ2n) is 2.89. The predicted molar refractivity (Wildman–Crippen MR) is 49.3 cm³/mol. The largest absolute Gasteiger partial charge is 0.293 e. The average molecular weight is 173 g/mol. The van der Waals surface area contributed by atoms with Crippen LogP contribution in [0.3, 0.4) is 0 Å². The first kappa shape index (κ1) is 11.4. The normalized spacial score (nSPS) is 13.1. The first-order valence-corrected chi connectivity index (χ1v) is 4.39. The number of hydrazine groups is 1. The van der Waals surface area contributed by atoms with E-state index in [0.717, 1.165) is 13.0 Å². The molecule has 0 heterocycles. The number of nitrogens with two attached hydrogens (primary N) is 1. The van der Waals surface area contributed by atoms with Crippen molar-refractivity contribution >= 4 is 5.91 Å². The Balaban J connectivity index is 3.90. The lowest BCUT2D eigenvalue weighted by molar-refractivity contribution is -0.122. The van der Waals surface area contributed by atoms with E-state index in [9.17, 15) is 4.79 Å². The van der Waals surface area contributed by atoms with Crippen LogP contribution in [0.1, 0.15) is 27.2 Å². The molecule has 0 spiro atoms. The van der Waals surface area contributed by atoms with Crippen LogP contribution in [0.5, 0.6) is 0 Å². The molecule has 72 valence electrons. The highest BCUT2D eigenvalue weighted by atomic mass is 16.2. The summed E-state index contributed by atoms with van der Waals surface area (Å²) in [7, 11) is 0. The third kappa shape index (κ3) is 3.69. The summed E-state index contributed by atoms with van der Waals surface area (Å²) in [6.45, 7) is 7.52. The number of likely N-dealkylation sites (N-methyl/N-ethyl adjacent to an activating group) is 1. The van der Waals surface area contributed by atoms with Gasteiger partial charge in [0, 0.05) is 6.04 Å². The number of carbonyl (C=O) groups is 1. The number of nitrogens with zero attached hydrogens (tertiary/aromatic N) is 1. The van der Waals surface area contributed by atoms with Crippen LogP contribution in [0.15, 0.2) is 0 Å². The minimum atomic E-state index is -0.128. The fraction of sp³-hybridized carbons (Fsp3) is 0.875. The Kier molecular flexibility index (Phi) is 5.66. The van der Waals surface area contributed by atoms with Gasteiger partial charge in [-0.2, -0.15) is 0 Å². The smallest absolute Gasteiger partial charge is 0.248 e. The Morgan fingerprint density at radius 3 is 2.50 bits per heavy atom. The van der Waals surface area contributed by atoms with Crippen LogP contribution in [0.2, 0.25) is 0 Å². The Bertz CT molecular complexity index is 138. The number of amides is 1. The van der Waals surface area contributed by atoms with Crippen molar-refractivity contribution in [1.82, 2.24) is 10.3 Å². The summed E-state index contributed by atoms with van der Waals surface area (Å²) in [4.78, 5) is 13.0. The van der Waals surface area contributed by atoms with E-state index < -0.39 is 0 Å². The minimum Gasteiger partial charge on any atom is -0.293 e. The summed E-state index contributed by atoms with van der Waals surface area (Å²) in [5, 5.41) is 0. The van der Waals surface area contributed by atoms with Crippen LogP contribution in [-0.4, -0.2) is 29.9 Å². The maximum absolute atomic E-state index is 10.9. The van der Waals surface area contributed by atoms with Crippen molar-refractivity contribution in [3.05, 3.63) is 0 Å². The Labute approximate surface area is 74.1 Å². The molecule has 0 saturated carbocycles. The van der Waals surface area contributed by atoms with Gasteiger partial charge in [-0.05, 0) is 19.9 Å². The third-order valence-corrected chi connectivity index (χ3v) is 2.13.